The van der Waals surface area contributed by atoms with Crippen LogP contribution < -0.4 is 10.6 Å². The first kappa shape index (κ1) is 20.6. The standard InChI is InChI=1S/C14H25N3O2S.HI/c1-4-15-13(16-8-6-9-19-3)17-11-14(2,18)12-7-5-10-20-12;/h5,7,10,18H,4,6,8-9,11H2,1-3H3,(H2,15,16,17);1H. The van der Waals surface area contributed by atoms with Gasteiger partial charge in [0.1, 0.15) is 5.60 Å². The van der Waals surface area contributed by atoms with E-state index >= 15 is 0 Å². The Morgan fingerprint density at radius 2 is 2.24 bits per heavy atom. The van der Waals surface area contributed by atoms with E-state index in [1.54, 1.807) is 25.4 Å². The third kappa shape index (κ3) is 7.98. The van der Waals surface area contributed by atoms with E-state index in [1.165, 1.54) is 0 Å². The fraction of sp³-hybridized carbons (Fsp3) is 0.643. The fourth-order valence-electron chi connectivity index (χ4n) is 1.66. The van der Waals surface area contributed by atoms with Gasteiger partial charge in [0.15, 0.2) is 5.96 Å². The van der Waals surface area contributed by atoms with E-state index in [4.69, 9.17) is 4.74 Å². The molecule has 0 aliphatic heterocycles. The van der Waals surface area contributed by atoms with Crippen LogP contribution in [0.15, 0.2) is 22.5 Å². The molecule has 0 aliphatic rings. The summed E-state index contributed by atoms with van der Waals surface area (Å²) in [5.41, 5.74) is -0.928. The number of nitrogens with zero attached hydrogens (tertiary/aromatic N) is 1. The number of aliphatic imine (C=N–C) groups is 1. The number of hydrogen-bond acceptors (Lipinski definition) is 4. The molecule has 21 heavy (non-hydrogen) atoms. The van der Waals surface area contributed by atoms with Gasteiger partial charge in [0, 0.05) is 31.7 Å². The lowest BCUT2D eigenvalue weighted by Crippen LogP contribution is -2.39. The maximum atomic E-state index is 10.4. The lowest BCUT2D eigenvalue weighted by atomic mass is 10.1. The van der Waals surface area contributed by atoms with Gasteiger partial charge < -0.3 is 20.5 Å². The highest BCUT2D eigenvalue weighted by Gasteiger charge is 2.23. The van der Waals surface area contributed by atoms with Crippen molar-refractivity contribution in [2.45, 2.75) is 25.9 Å². The Labute approximate surface area is 148 Å². The van der Waals surface area contributed by atoms with Gasteiger partial charge >= 0.3 is 0 Å². The predicted molar refractivity (Wildman–Crippen MR) is 99.8 cm³/mol. The molecule has 0 radical (unpaired) electrons. The molecule has 0 saturated heterocycles. The van der Waals surface area contributed by atoms with Gasteiger partial charge in [-0.2, -0.15) is 0 Å². The van der Waals surface area contributed by atoms with Crippen molar-refractivity contribution in [2.75, 3.05) is 33.4 Å². The summed E-state index contributed by atoms with van der Waals surface area (Å²) in [5, 5.41) is 18.8. The molecule has 122 valence electrons. The molecule has 0 amide bonds. The molecule has 1 heterocycles. The van der Waals surface area contributed by atoms with Gasteiger partial charge in [-0.3, -0.25) is 0 Å². The zero-order valence-corrected chi connectivity index (χ0v) is 16.0. The Morgan fingerprint density at radius 3 is 2.81 bits per heavy atom. The van der Waals surface area contributed by atoms with Crippen molar-refractivity contribution >= 4 is 41.3 Å². The highest BCUT2D eigenvalue weighted by atomic mass is 127. The topological polar surface area (TPSA) is 65.9 Å². The minimum absolute atomic E-state index is 0. The number of ether oxygens (including phenoxy) is 1. The van der Waals surface area contributed by atoms with Crippen LogP contribution in [0.2, 0.25) is 0 Å². The number of nitrogens with one attached hydrogen (secondary N) is 2. The number of halogens is 1. The average Bonchev–Trinajstić information content (AvgIpc) is 2.95. The highest BCUT2D eigenvalue weighted by Crippen LogP contribution is 2.25. The van der Waals surface area contributed by atoms with Crippen molar-refractivity contribution in [3.63, 3.8) is 0 Å². The van der Waals surface area contributed by atoms with Crippen molar-refractivity contribution < 1.29 is 9.84 Å². The molecular weight excluding hydrogens is 401 g/mol. The van der Waals surface area contributed by atoms with Crippen LogP contribution in [0.1, 0.15) is 25.1 Å². The maximum Gasteiger partial charge on any atom is 0.191 e. The van der Waals surface area contributed by atoms with Gasteiger partial charge in [0.2, 0.25) is 0 Å². The van der Waals surface area contributed by atoms with E-state index < -0.39 is 5.60 Å². The molecule has 0 aliphatic carbocycles. The number of aliphatic hydroxyl groups is 1. The van der Waals surface area contributed by atoms with Crippen LogP contribution in [0.25, 0.3) is 0 Å². The zero-order chi connectivity index (χ0) is 14.8. The summed E-state index contributed by atoms with van der Waals surface area (Å²) < 4.78 is 5.01. The number of rotatable bonds is 8. The first-order valence-electron chi connectivity index (χ1n) is 6.87. The SMILES string of the molecule is CCNC(=NCC(C)(O)c1cccs1)NCCCOC.I. The van der Waals surface area contributed by atoms with Gasteiger partial charge in [-0.25, -0.2) is 4.99 Å². The first-order valence-corrected chi connectivity index (χ1v) is 7.75. The molecule has 1 aromatic rings. The second kappa shape index (κ2) is 11.2. The van der Waals surface area contributed by atoms with E-state index in [0.29, 0.717) is 6.54 Å². The minimum atomic E-state index is -0.928. The first-order chi connectivity index (χ1) is 9.60. The van der Waals surface area contributed by atoms with Gasteiger partial charge in [0.05, 0.1) is 6.54 Å². The Hall–Kier alpha value is -0.380. The highest BCUT2D eigenvalue weighted by molar-refractivity contribution is 14.0. The third-order valence-corrected chi connectivity index (χ3v) is 3.88. The number of methoxy groups -OCH3 is 1. The second-order valence-electron chi connectivity index (χ2n) is 4.72. The summed E-state index contributed by atoms with van der Waals surface area (Å²) >= 11 is 1.54. The largest absolute Gasteiger partial charge is 0.385 e. The Bertz CT molecular complexity index is 397. The molecule has 0 bridgehead atoms. The quantitative estimate of drug-likeness (QED) is 0.258. The number of thiophene rings is 1. The van der Waals surface area contributed by atoms with Crippen molar-refractivity contribution in [1.29, 1.82) is 0 Å². The van der Waals surface area contributed by atoms with Gasteiger partial charge in [-0.05, 0) is 31.7 Å². The van der Waals surface area contributed by atoms with Gasteiger partial charge in [0.25, 0.3) is 0 Å². The zero-order valence-electron chi connectivity index (χ0n) is 12.9. The smallest absolute Gasteiger partial charge is 0.191 e. The molecule has 1 aromatic heterocycles. The molecule has 3 N–H and O–H groups in total. The van der Waals surface area contributed by atoms with E-state index in [0.717, 1.165) is 37.0 Å². The summed E-state index contributed by atoms with van der Waals surface area (Å²) in [7, 11) is 1.69. The van der Waals surface area contributed by atoms with E-state index in [-0.39, 0.29) is 24.0 Å². The van der Waals surface area contributed by atoms with E-state index in [9.17, 15) is 5.11 Å². The molecule has 0 saturated carbocycles. The van der Waals surface area contributed by atoms with Crippen molar-refractivity contribution in [3.8, 4) is 0 Å². The summed E-state index contributed by atoms with van der Waals surface area (Å²) in [6.45, 7) is 6.44. The van der Waals surface area contributed by atoms with E-state index in [2.05, 4.69) is 15.6 Å². The lowest BCUT2D eigenvalue weighted by Gasteiger charge is -2.20. The van der Waals surface area contributed by atoms with Crippen LogP contribution in [-0.2, 0) is 10.3 Å². The Kier molecular flexibility index (Phi) is 11.0. The van der Waals surface area contributed by atoms with Gasteiger partial charge in [-0.1, -0.05) is 6.07 Å². The summed E-state index contributed by atoms with van der Waals surface area (Å²) in [4.78, 5) is 5.38. The summed E-state index contributed by atoms with van der Waals surface area (Å²) in [6, 6.07) is 3.87. The predicted octanol–water partition coefficient (Wildman–Crippen LogP) is 2.17. The Balaban J connectivity index is 0.00000400. The maximum absolute atomic E-state index is 10.4. The van der Waals surface area contributed by atoms with Crippen molar-refractivity contribution in [2.24, 2.45) is 4.99 Å². The summed E-state index contributed by atoms with van der Waals surface area (Å²) in [6.07, 6.45) is 0.919. The molecule has 7 heteroatoms. The minimum Gasteiger partial charge on any atom is -0.385 e. The third-order valence-electron chi connectivity index (χ3n) is 2.76. The van der Waals surface area contributed by atoms with Crippen molar-refractivity contribution in [1.82, 2.24) is 10.6 Å². The molecule has 1 rings (SSSR count). The molecule has 5 nitrogen and oxygen atoms in total. The molecule has 0 fully saturated rings. The van der Waals surface area contributed by atoms with E-state index in [1.807, 2.05) is 24.4 Å². The monoisotopic (exact) mass is 427 g/mol. The van der Waals surface area contributed by atoms with Crippen LogP contribution in [0.3, 0.4) is 0 Å². The Morgan fingerprint density at radius 1 is 1.48 bits per heavy atom. The number of hydrogen-bond donors (Lipinski definition) is 3. The average molecular weight is 427 g/mol. The molecular formula is C14H26IN3O2S. The van der Waals surface area contributed by atoms with Crippen molar-refractivity contribution in [3.05, 3.63) is 22.4 Å². The summed E-state index contributed by atoms with van der Waals surface area (Å²) in [5.74, 6) is 0.723. The van der Waals surface area contributed by atoms with Crippen LogP contribution in [0, 0.1) is 0 Å². The lowest BCUT2D eigenvalue weighted by molar-refractivity contribution is 0.0711. The molecule has 0 aromatic carbocycles. The molecule has 1 atom stereocenters. The fourth-order valence-corrected chi connectivity index (χ4v) is 2.44. The normalized spacial score (nSPS) is 14.2. The molecule has 0 spiro atoms. The van der Waals surface area contributed by atoms with Gasteiger partial charge in [-0.15, -0.1) is 35.3 Å². The number of guanidine groups is 1. The van der Waals surface area contributed by atoms with Crippen LogP contribution >= 0.6 is 35.3 Å². The second-order valence-corrected chi connectivity index (χ2v) is 5.67. The van der Waals surface area contributed by atoms with Crippen LogP contribution in [-0.4, -0.2) is 44.4 Å². The van der Waals surface area contributed by atoms with Crippen LogP contribution in [0.5, 0.6) is 0 Å². The molecule has 1 unspecified atom stereocenters. The van der Waals surface area contributed by atoms with Crippen LogP contribution in [0.4, 0.5) is 0 Å².